The molecule has 0 aliphatic heterocycles. The van der Waals surface area contributed by atoms with Crippen molar-refractivity contribution < 1.29 is 4.74 Å². The molecule has 3 heteroatoms. The first kappa shape index (κ1) is 15.1. The first-order valence-electron chi connectivity index (χ1n) is 7.75. The average Bonchev–Trinajstić information content (AvgIpc) is 3.09. The summed E-state index contributed by atoms with van der Waals surface area (Å²) in [7, 11) is 0. The van der Waals surface area contributed by atoms with E-state index in [1.807, 2.05) is 61.2 Å². The minimum absolute atomic E-state index is 0.851. The fraction of sp³-hybridized carbons (Fsp3) is 0.150. The number of allylic oxidation sites excluding steroid dienone is 1. The molecule has 0 spiro atoms. The van der Waals surface area contributed by atoms with Gasteiger partial charge in [0.25, 0.3) is 0 Å². The van der Waals surface area contributed by atoms with Gasteiger partial charge in [-0.3, -0.25) is 0 Å². The number of aryl methyl sites for hydroxylation is 1. The van der Waals surface area contributed by atoms with Gasteiger partial charge in [0.1, 0.15) is 11.5 Å². The third kappa shape index (κ3) is 4.58. The molecule has 2 aromatic carbocycles. The summed E-state index contributed by atoms with van der Waals surface area (Å²) in [5, 5.41) is 0. The lowest BCUT2D eigenvalue weighted by molar-refractivity contribution is 0.482. The Balaban J connectivity index is 1.59. The minimum atomic E-state index is 0.851. The molecule has 0 bridgehead atoms. The van der Waals surface area contributed by atoms with Gasteiger partial charge in [0.15, 0.2) is 0 Å². The third-order valence-electron chi connectivity index (χ3n) is 3.60. The second-order valence-electron chi connectivity index (χ2n) is 5.53. The van der Waals surface area contributed by atoms with Gasteiger partial charge < -0.3 is 9.30 Å². The van der Waals surface area contributed by atoms with E-state index in [1.54, 1.807) is 0 Å². The van der Waals surface area contributed by atoms with Crippen molar-refractivity contribution >= 4 is 6.08 Å². The third-order valence-corrected chi connectivity index (χ3v) is 3.60. The molecule has 0 fully saturated rings. The van der Waals surface area contributed by atoms with Crippen LogP contribution in [0.3, 0.4) is 0 Å². The van der Waals surface area contributed by atoms with E-state index in [-0.39, 0.29) is 0 Å². The lowest BCUT2D eigenvalue weighted by Crippen LogP contribution is -1.94. The molecule has 0 aliphatic carbocycles. The Morgan fingerprint density at radius 2 is 1.78 bits per heavy atom. The van der Waals surface area contributed by atoms with Crippen LogP contribution in [0.25, 0.3) is 6.08 Å². The van der Waals surface area contributed by atoms with E-state index in [1.165, 1.54) is 11.1 Å². The number of imidazole rings is 1. The number of hydrogen-bond acceptors (Lipinski definition) is 2. The summed E-state index contributed by atoms with van der Waals surface area (Å²) in [6.45, 7) is 3.11. The van der Waals surface area contributed by atoms with E-state index in [4.69, 9.17) is 4.74 Å². The molecule has 1 heterocycles. The first-order valence-corrected chi connectivity index (χ1v) is 7.75. The van der Waals surface area contributed by atoms with Gasteiger partial charge in [0.2, 0.25) is 0 Å². The van der Waals surface area contributed by atoms with Gasteiger partial charge in [-0.05, 0) is 43.2 Å². The standard InChI is InChI=1S/C20H20N2O/c1-17(11-13-22-14-12-21-16-22)15-18-7-9-20(10-8-18)23-19-5-3-2-4-6-19/h2-10,12,14-16H,11,13H2,1H3. The van der Waals surface area contributed by atoms with Gasteiger partial charge in [0, 0.05) is 18.9 Å². The van der Waals surface area contributed by atoms with Gasteiger partial charge >= 0.3 is 0 Å². The molecule has 0 unspecified atom stereocenters. The Hall–Kier alpha value is -2.81. The van der Waals surface area contributed by atoms with Crippen LogP contribution in [-0.2, 0) is 6.54 Å². The van der Waals surface area contributed by atoms with Crippen LogP contribution in [0, 0.1) is 0 Å². The topological polar surface area (TPSA) is 27.1 Å². The zero-order valence-corrected chi connectivity index (χ0v) is 13.2. The van der Waals surface area contributed by atoms with Crippen molar-refractivity contribution in [3.8, 4) is 11.5 Å². The molecule has 3 nitrogen and oxygen atoms in total. The maximum Gasteiger partial charge on any atom is 0.127 e. The van der Waals surface area contributed by atoms with Crippen molar-refractivity contribution in [1.82, 2.24) is 9.55 Å². The molecule has 0 aliphatic rings. The van der Waals surface area contributed by atoms with Gasteiger partial charge in [-0.2, -0.15) is 0 Å². The summed E-state index contributed by atoms with van der Waals surface area (Å²) in [5.74, 6) is 1.71. The van der Waals surface area contributed by atoms with Crippen LogP contribution in [0.1, 0.15) is 18.9 Å². The highest BCUT2D eigenvalue weighted by atomic mass is 16.5. The van der Waals surface area contributed by atoms with Gasteiger partial charge in [-0.15, -0.1) is 0 Å². The number of hydrogen-bond donors (Lipinski definition) is 0. The molecule has 1 aromatic heterocycles. The SMILES string of the molecule is CC(=Cc1ccc(Oc2ccccc2)cc1)CCn1ccnc1. The van der Waals surface area contributed by atoms with Crippen LogP contribution >= 0.6 is 0 Å². The highest BCUT2D eigenvalue weighted by Crippen LogP contribution is 2.22. The summed E-state index contributed by atoms with van der Waals surface area (Å²) in [4.78, 5) is 4.06. The second kappa shape index (κ2) is 7.45. The molecule has 3 aromatic rings. The number of ether oxygens (including phenoxy) is 1. The molecule has 116 valence electrons. The van der Waals surface area contributed by atoms with Crippen molar-refractivity contribution in [2.24, 2.45) is 0 Å². The Morgan fingerprint density at radius 1 is 1.04 bits per heavy atom. The summed E-state index contributed by atoms with van der Waals surface area (Å²) in [5.41, 5.74) is 2.53. The van der Waals surface area contributed by atoms with Crippen LogP contribution in [0.5, 0.6) is 11.5 Å². The molecule has 0 atom stereocenters. The quantitative estimate of drug-likeness (QED) is 0.628. The van der Waals surface area contributed by atoms with E-state index in [2.05, 4.69) is 34.7 Å². The van der Waals surface area contributed by atoms with Crippen LogP contribution in [0.15, 0.2) is 78.9 Å². The molecule has 0 radical (unpaired) electrons. The molecule has 0 saturated heterocycles. The van der Waals surface area contributed by atoms with E-state index in [9.17, 15) is 0 Å². The molecule has 3 rings (SSSR count). The number of benzene rings is 2. The summed E-state index contributed by atoms with van der Waals surface area (Å²) >= 11 is 0. The van der Waals surface area contributed by atoms with Gasteiger partial charge in [0.05, 0.1) is 6.33 Å². The number of aromatic nitrogens is 2. The Labute approximate surface area is 136 Å². The van der Waals surface area contributed by atoms with Crippen LogP contribution in [0.4, 0.5) is 0 Å². The first-order chi connectivity index (χ1) is 11.3. The van der Waals surface area contributed by atoms with E-state index in [0.29, 0.717) is 0 Å². The van der Waals surface area contributed by atoms with Gasteiger partial charge in [-0.1, -0.05) is 42.0 Å². The second-order valence-corrected chi connectivity index (χ2v) is 5.53. The molecule has 0 amide bonds. The van der Waals surface area contributed by atoms with E-state index < -0.39 is 0 Å². The Morgan fingerprint density at radius 3 is 2.48 bits per heavy atom. The summed E-state index contributed by atoms with van der Waals surface area (Å²) in [6, 6.07) is 18.0. The lowest BCUT2D eigenvalue weighted by atomic mass is 10.1. The normalized spacial score (nSPS) is 11.4. The molecule has 23 heavy (non-hydrogen) atoms. The van der Waals surface area contributed by atoms with Crippen molar-refractivity contribution in [3.05, 3.63) is 84.5 Å². The van der Waals surface area contributed by atoms with E-state index in [0.717, 1.165) is 24.5 Å². The largest absolute Gasteiger partial charge is 0.457 e. The summed E-state index contributed by atoms with van der Waals surface area (Å²) < 4.78 is 7.90. The Bertz CT molecular complexity index is 744. The lowest BCUT2D eigenvalue weighted by Gasteiger charge is -2.06. The van der Waals surface area contributed by atoms with Gasteiger partial charge in [-0.25, -0.2) is 4.98 Å². The maximum absolute atomic E-state index is 5.80. The van der Waals surface area contributed by atoms with E-state index >= 15 is 0 Å². The van der Waals surface area contributed by atoms with Crippen molar-refractivity contribution in [2.75, 3.05) is 0 Å². The van der Waals surface area contributed by atoms with Crippen molar-refractivity contribution in [3.63, 3.8) is 0 Å². The summed E-state index contributed by atoms with van der Waals surface area (Å²) in [6.07, 6.45) is 8.87. The predicted molar refractivity (Wildman–Crippen MR) is 93.5 cm³/mol. The van der Waals surface area contributed by atoms with Crippen LogP contribution in [0.2, 0.25) is 0 Å². The van der Waals surface area contributed by atoms with Crippen LogP contribution < -0.4 is 4.74 Å². The molecular weight excluding hydrogens is 284 g/mol. The number of para-hydroxylation sites is 1. The highest BCUT2D eigenvalue weighted by molar-refractivity contribution is 5.53. The monoisotopic (exact) mass is 304 g/mol. The predicted octanol–water partition coefficient (Wildman–Crippen LogP) is 5.17. The minimum Gasteiger partial charge on any atom is -0.457 e. The molecular formula is C20H20N2O. The van der Waals surface area contributed by atoms with Crippen LogP contribution in [-0.4, -0.2) is 9.55 Å². The average molecular weight is 304 g/mol. The van der Waals surface area contributed by atoms with Crippen molar-refractivity contribution in [1.29, 1.82) is 0 Å². The number of nitrogens with zero attached hydrogens (tertiary/aromatic N) is 2. The van der Waals surface area contributed by atoms with Crippen molar-refractivity contribution in [2.45, 2.75) is 19.9 Å². The molecule has 0 saturated carbocycles. The fourth-order valence-corrected chi connectivity index (χ4v) is 2.34. The number of rotatable bonds is 6. The smallest absolute Gasteiger partial charge is 0.127 e. The highest BCUT2D eigenvalue weighted by Gasteiger charge is 1.98. The zero-order valence-electron chi connectivity index (χ0n) is 13.2. The molecule has 0 N–H and O–H groups in total. The fourth-order valence-electron chi connectivity index (χ4n) is 2.34. The Kier molecular flexibility index (Phi) is 4.89. The maximum atomic E-state index is 5.80. The zero-order chi connectivity index (χ0) is 15.9.